The lowest BCUT2D eigenvalue weighted by Gasteiger charge is -2.39. The molecule has 0 spiro atoms. The second-order valence-corrected chi connectivity index (χ2v) is 7.18. The number of carbonyl (C=O) groups excluding carboxylic acids is 1. The molecule has 2 heterocycles. The number of fused-ring (bicyclic) bond motifs is 2. The van der Waals surface area contributed by atoms with Crippen molar-refractivity contribution in [1.82, 2.24) is 4.90 Å². The summed E-state index contributed by atoms with van der Waals surface area (Å²) in [5, 5.41) is 9.30. The van der Waals surface area contributed by atoms with Crippen LogP contribution < -0.4 is 0 Å². The molecule has 2 aromatic rings. The number of halogens is 1. The highest BCUT2D eigenvalue weighted by molar-refractivity contribution is 5.95. The van der Waals surface area contributed by atoms with Gasteiger partial charge in [-0.1, -0.05) is 24.3 Å². The summed E-state index contributed by atoms with van der Waals surface area (Å²) in [7, 11) is 0. The standard InChI is InChI=1S/C21H22FNO2/c22-18-6-4-15(5-7-18)17-11-19-8-9-20(12-17)23(19)21(25)16-3-1-2-14(10-16)13-24/h1-7,10,17,19-20,24H,8-9,11-13H2. The average Bonchev–Trinajstić information content (AvgIpc) is 2.91. The third kappa shape index (κ3) is 3.07. The number of piperidine rings is 1. The number of carbonyl (C=O) groups is 1. The largest absolute Gasteiger partial charge is 0.392 e. The maximum Gasteiger partial charge on any atom is 0.254 e. The molecule has 0 aliphatic carbocycles. The summed E-state index contributed by atoms with van der Waals surface area (Å²) < 4.78 is 13.2. The predicted molar refractivity (Wildman–Crippen MR) is 93.7 cm³/mol. The summed E-state index contributed by atoms with van der Waals surface area (Å²) in [6.07, 6.45) is 3.95. The number of amides is 1. The molecule has 2 aliphatic rings. The van der Waals surface area contributed by atoms with Crippen molar-refractivity contribution in [2.75, 3.05) is 0 Å². The molecule has 0 radical (unpaired) electrons. The van der Waals surface area contributed by atoms with E-state index in [9.17, 15) is 14.3 Å². The molecule has 2 fully saturated rings. The van der Waals surface area contributed by atoms with Crippen molar-refractivity contribution in [3.63, 3.8) is 0 Å². The van der Waals surface area contributed by atoms with Crippen molar-refractivity contribution < 1.29 is 14.3 Å². The van der Waals surface area contributed by atoms with Crippen molar-refractivity contribution in [3.05, 3.63) is 71.0 Å². The molecular weight excluding hydrogens is 317 g/mol. The van der Waals surface area contributed by atoms with Gasteiger partial charge in [-0.05, 0) is 67.0 Å². The fourth-order valence-corrected chi connectivity index (χ4v) is 4.47. The van der Waals surface area contributed by atoms with Crippen LogP contribution >= 0.6 is 0 Å². The van der Waals surface area contributed by atoms with Gasteiger partial charge in [-0.15, -0.1) is 0 Å². The van der Waals surface area contributed by atoms with Crippen molar-refractivity contribution in [2.24, 2.45) is 0 Å². The molecule has 2 bridgehead atoms. The topological polar surface area (TPSA) is 40.5 Å². The average molecular weight is 339 g/mol. The highest BCUT2D eigenvalue weighted by Crippen LogP contribution is 2.43. The van der Waals surface area contributed by atoms with E-state index in [0.29, 0.717) is 11.5 Å². The number of aliphatic hydroxyl groups is 1. The van der Waals surface area contributed by atoms with Crippen molar-refractivity contribution in [3.8, 4) is 0 Å². The molecule has 0 aromatic heterocycles. The van der Waals surface area contributed by atoms with E-state index in [4.69, 9.17) is 0 Å². The zero-order chi connectivity index (χ0) is 17.4. The Bertz CT molecular complexity index is 760. The smallest absolute Gasteiger partial charge is 0.254 e. The van der Waals surface area contributed by atoms with E-state index in [2.05, 4.69) is 4.90 Å². The second kappa shape index (κ2) is 6.60. The fraction of sp³-hybridized carbons (Fsp3) is 0.381. The van der Waals surface area contributed by atoms with Gasteiger partial charge in [0.2, 0.25) is 0 Å². The summed E-state index contributed by atoms with van der Waals surface area (Å²) in [5.41, 5.74) is 2.59. The van der Waals surface area contributed by atoms with Crippen molar-refractivity contribution >= 4 is 5.91 Å². The van der Waals surface area contributed by atoms with Gasteiger partial charge in [0.05, 0.1) is 6.61 Å². The Hall–Kier alpha value is -2.20. The lowest BCUT2D eigenvalue weighted by Crippen LogP contribution is -2.46. The molecule has 2 aromatic carbocycles. The molecule has 2 saturated heterocycles. The Labute approximate surface area is 147 Å². The molecule has 4 heteroatoms. The van der Waals surface area contributed by atoms with Crippen molar-refractivity contribution in [2.45, 2.75) is 50.3 Å². The molecule has 1 N–H and O–H groups in total. The first kappa shape index (κ1) is 16.3. The summed E-state index contributed by atoms with van der Waals surface area (Å²) >= 11 is 0. The third-order valence-electron chi connectivity index (χ3n) is 5.67. The predicted octanol–water partition coefficient (Wildman–Crippen LogP) is 3.87. The Balaban J connectivity index is 1.54. The number of aliphatic hydroxyl groups excluding tert-OH is 1. The lowest BCUT2D eigenvalue weighted by atomic mass is 9.84. The molecule has 4 rings (SSSR count). The monoisotopic (exact) mass is 339 g/mol. The van der Waals surface area contributed by atoms with Crippen LogP contribution in [0.15, 0.2) is 48.5 Å². The summed E-state index contributed by atoms with van der Waals surface area (Å²) in [4.78, 5) is 15.1. The van der Waals surface area contributed by atoms with Crippen LogP contribution in [-0.4, -0.2) is 28.0 Å². The van der Waals surface area contributed by atoms with Crippen LogP contribution in [0.3, 0.4) is 0 Å². The number of rotatable bonds is 3. The Morgan fingerprint density at radius 1 is 1.08 bits per heavy atom. The molecule has 25 heavy (non-hydrogen) atoms. The van der Waals surface area contributed by atoms with Crippen LogP contribution in [-0.2, 0) is 6.61 Å². The minimum Gasteiger partial charge on any atom is -0.392 e. The van der Waals surface area contributed by atoms with Crippen LogP contribution in [0.25, 0.3) is 0 Å². The molecule has 2 unspecified atom stereocenters. The number of hydrogen-bond acceptors (Lipinski definition) is 2. The van der Waals surface area contributed by atoms with Crippen molar-refractivity contribution in [1.29, 1.82) is 0 Å². The van der Waals surface area contributed by atoms with Gasteiger partial charge in [0, 0.05) is 17.6 Å². The SMILES string of the molecule is O=C(c1cccc(CO)c1)N1C2CCC1CC(c1ccc(F)cc1)C2. The molecule has 0 saturated carbocycles. The first-order valence-corrected chi connectivity index (χ1v) is 8.93. The van der Waals surface area contributed by atoms with Gasteiger partial charge >= 0.3 is 0 Å². The van der Waals surface area contributed by atoms with Gasteiger partial charge in [0.15, 0.2) is 0 Å². The minimum atomic E-state index is -0.205. The summed E-state index contributed by atoms with van der Waals surface area (Å²) in [5.74, 6) is 0.259. The fourth-order valence-electron chi connectivity index (χ4n) is 4.47. The number of nitrogens with zero attached hydrogens (tertiary/aromatic N) is 1. The molecule has 2 aliphatic heterocycles. The Kier molecular flexibility index (Phi) is 4.30. The lowest BCUT2D eigenvalue weighted by molar-refractivity contribution is 0.0571. The maximum atomic E-state index is 13.2. The highest BCUT2D eigenvalue weighted by Gasteiger charge is 2.43. The third-order valence-corrected chi connectivity index (χ3v) is 5.67. The Morgan fingerprint density at radius 2 is 1.76 bits per heavy atom. The van der Waals surface area contributed by atoms with E-state index >= 15 is 0 Å². The highest BCUT2D eigenvalue weighted by atomic mass is 19.1. The first-order chi connectivity index (χ1) is 12.2. The van der Waals surface area contributed by atoms with Gasteiger partial charge in [-0.25, -0.2) is 4.39 Å². The molecule has 1 amide bonds. The van der Waals surface area contributed by atoms with Crippen LogP contribution in [0.5, 0.6) is 0 Å². The van der Waals surface area contributed by atoms with Crippen LogP contribution in [0, 0.1) is 5.82 Å². The van der Waals surface area contributed by atoms with E-state index in [1.807, 2.05) is 30.3 Å². The van der Waals surface area contributed by atoms with Gasteiger partial charge in [-0.2, -0.15) is 0 Å². The van der Waals surface area contributed by atoms with Gasteiger partial charge < -0.3 is 10.0 Å². The van der Waals surface area contributed by atoms with Gasteiger partial charge in [-0.3, -0.25) is 4.79 Å². The molecular formula is C21H22FNO2. The quantitative estimate of drug-likeness (QED) is 0.922. The molecule has 130 valence electrons. The Morgan fingerprint density at radius 3 is 2.40 bits per heavy atom. The second-order valence-electron chi connectivity index (χ2n) is 7.18. The zero-order valence-electron chi connectivity index (χ0n) is 14.1. The number of benzene rings is 2. The van der Waals surface area contributed by atoms with E-state index in [-0.39, 0.29) is 30.4 Å². The van der Waals surface area contributed by atoms with E-state index in [0.717, 1.165) is 31.2 Å². The van der Waals surface area contributed by atoms with E-state index in [1.165, 1.54) is 17.7 Å². The van der Waals surface area contributed by atoms with Crippen LogP contribution in [0.1, 0.15) is 53.1 Å². The molecule has 3 nitrogen and oxygen atoms in total. The zero-order valence-corrected chi connectivity index (χ0v) is 14.1. The van der Waals surface area contributed by atoms with Crippen LogP contribution in [0.2, 0.25) is 0 Å². The summed E-state index contributed by atoms with van der Waals surface area (Å²) in [6.45, 7) is -0.0549. The normalized spacial score (nSPS) is 25.2. The number of hydrogen-bond donors (Lipinski definition) is 1. The summed E-state index contributed by atoms with van der Waals surface area (Å²) in [6, 6.07) is 14.6. The van der Waals surface area contributed by atoms with Gasteiger partial charge in [0.25, 0.3) is 5.91 Å². The maximum absolute atomic E-state index is 13.2. The van der Waals surface area contributed by atoms with Gasteiger partial charge in [0.1, 0.15) is 5.82 Å². The molecule has 2 atom stereocenters. The van der Waals surface area contributed by atoms with E-state index < -0.39 is 0 Å². The van der Waals surface area contributed by atoms with E-state index in [1.54, 1.807) is 6.07 Å². The minimum absolute atomic E-state index is 0.0549. The van der Waals surface area contributed by atoms with Crippen LogP contribution in [0.4, 0.5) is 4.39 Å². The first-order valence-electron chi connectivity index (χ1n) is 8.93.